The summed E-state index contributed by atoms with van der Waals surface area (Å²) in [7, 11) is 0. The van der Waals surface area contributed by atoms with Gasteiger partial charge in [0.15, 0.2) is 0 Å². The Labute approximate surface area is 76.5 Å². The summed E-state index contributed by atoms with van der Waals surface area (Å²) < 4.78 is 0. The Bertz CT molecular complexity index is 128. The van der Waals surface area contributed by atoms with Gasteiger partial charge in [-0.15, -0.1) is 0 Å². The van der Waals surface area contributed by atoms with Crippen molar-refractivity contribution >= 4 is 0 Å². The molecule has 0 saturated heterocycles. The van der Waals surface area contributed by atoms with E-state index >= 15 is 0 Å². The number of aliphatic hydroxyl groups excluding tert-OH is 1. The molecule has 0 amide bonds. The van der Waals surface area contributed by atoms with E-state index in [0.717, 1.165) is 19.3 Å². The maximum Gasteiger partial charge on any atom is 0.0515 e. The van der Waals surface area contributed by atoms with Gasteiger partial charge in [-0.3, -0.25) is 0 Å². The van der Waals surface area contributed by atoms with Gasteiger partial charge >= 0.3 is 0 Å². The van der Waals surface area contributed by atoms with E-state index in [4.69, 9.17) is 5.11 Å². The van der Waals surface area contributed by atoms with Crippen LogP contribution >= 0.6 is 0 Å². The van der Waals surface area contributed by atoms with Gasteiger partial charge in [0.25, 0.3) is 0 Å². The molecule has 0 aliphatic heterocycles. The molecular weight excluding hydrogens is 148 g/mol. The molecule has 0 heterocycles. The second-order valence-corrected chi connectivity index (χ2v) is 4.66. The van der Waals surface area contributed by atoms with Crippen molar-refractivity contribution in [3.63, 3.8) is 0 Å². The molecule has 1 nitrogen and oxygen atoms in total. The molecular formula is C11H22O. The summed E-state index contributed by atoms with van der Waals surface area (Å²) >= 11 is 0. The highest BCUT2D eigenvalue weighted by Gasteiger charge is 2.05. The van der Waals surface area contributed by atoms with Gasteiger partial charge in [-0.25, -0.2) is 0 Å². The van der Waals surface area contributed by atoms with Crippen molar-refractivity contribution in [3.8, 4) is 0 Å². The minimum atomic E-state index is -0.163. The van der Waals surface area contributed by atoms with Crippen LogP contribution in [0.2, 0.25) is 0 Å². The van der Waals surface area contributed by atoms with Crippen molar-refractivity contribution < 1.29 is 5.11 Å². The van der Waals surface area contributed by atoms with Crippen molar-refractivity contribution in [3.05, 3.63) is 12.2 Å². The maximum atomic E-state index is 8.98. The zero-order chi connectivity index (χ0) is 9.61. The SMILES string of the molecule is CC(O)CC/C=C/CC(C)(C)C. The van der Waals surface area contributed by atoms with E-state index in [-0.39, 0.29) is 6.10 Å². The summed E-state index contributed by atoms with van der Waals surface area (Å²) in [6, 6.07) is 0. The van der Waals surface area contributed by atoms with Crippen LogP contribution in [0, 0.1) is 5.41 Å². The highest BCUT2D eigenvalue weighted by molar-refractivity contribution is 4.85. The smallest absolute Gasteiger partial charge is 0.0515 e. The quantitative estimate of drug-likeness (QED) is 0.643. The van der Waals surface area contributed by atoms with Crippen molar-refractivity contribution in [1.82, 2.24) is 0 Å². The summed E-state index contributed by atoms with van der Waals surface area (Å²) in [6.07, 6.45) is 7.20. The van der Waals surface area contributed by atoms with Crippen LogP contribution in [0.5, 0.6) is 0 Å². The summed E-state index contributed by atoms with van der Waals surface area (Å²) in [5, 5.41) is 8.98. The van der Waals surface area contributed by atoms with Gasteiger partial charge in [0.1, 0.15) is 0 Å². The Morgan fingerprint density at radius 1 is 1.25 bits per heavy atom. The third-order valence-corrected chi connectivity index (χ3v) is 1.65. The average molecular weight is 170 g/mol. The molecule has 12 heavy (non-hydrogen) atoms. The lowest BCUT2D eigenvalue weighted by atomic mass is 9.92. The Morgan fingerprint density at radius 3 is 2.25 bits per heavy atom. The van der Waals surface area contributed by atoms with E-state index in [2.05, 4.69) is 32.9 Å². The monoisotopic (exact) mass is 170 g/mol. The molecule has 72 valence electrons. The first-order chi connectivity index (χ1) is 5.42. The van der Waals surface area contributed by atoms with Crippen molar-refractivity contribution in [2.75, 3.05) is 0 Å². The van der Waals surface area contributed by atoms with Crippen LogP contribution in [0.1, 0.15) is 47.0 Å². The lowest BCUT2D eigenvalue weighted by Gasteiger charge is -2.14. The summed E-state index contributed by atoms with van der Waals surface area (Å²) in [5.41, 5.74) is 0.390. The highest BCUT2D eigenvalue weighted by atomic mass is 16.3. The molecule has 0 aromatic rings. The van der Waals surface area contributed by atoms with Crippen LogP contribution in [-0.4, -0.2) is 11.2 Å². The molecule has 0 spiro atoms. The third-order valence-electron chi connectivity index (χ3n) is 1.65. The average Bonchev–Trinajstić information content (AvgIpc) is 1.83. The minimum absolute atomic E-state index is 0.163. The predicted molar refractivity (Wildman–Crippen MR) is 54.1 cm³/mol. The zero-order valence-electron chi connectivity index (χ0n) is 8.80. The van der Waals surface area contributed by atoms with E-state index < -0.39 is 0 Å². The Hall–Kier alpha value is -0.300. The largest absolute Gasteiger partial charge is 0.393 e. The number of hydrogen-bond acceptors (Lipinski definition) is 1. The molecule has 0 aromatic heterocycles. The first-order valence-electron chi connectivity index (χ1n) is 4.75. The molecule has 0 bridgehead atoms. The summed E-state index contributed by atoms with van der Waals surface area (Å²) in [6.45, 7) is 8.52. The molecule has 0 aliphatic rings. The molecule has 0 fully saturated rings. The van der Waals surface area contributed by atoms with Crippen LogP contribution < -0.4 is 0 Å². The predicted octanol–water partition coefficient (Wildman–Crippen LogP) is 3.14. The fourth-order valence-electron chi connectivity index (χ4n) is 0.892. The van der Waals surface area contributed by atoms with Gasteiger partial charge in [0.2, 0.25) is 0 Å². The molecule has 0 aliphatic carbocycles. The van der Waals surface area contributed by atoms with Crippen LogP contribution in [-0.2, 0) is 0 Å². The van der Waals surface area contributed by atoms with Crippen molar-refractivity contribution in [1.29, 1.82) is 0 Å². The Kier molecular flexibility index (Phi) is 5.23. The fraction of sp³-hybridized carbons (Fsp3) is 0.818. The van der Waals surface area contributed by atoms with E-state index in [1.807, 2.05) is 6.92 Å². The van der Waals surface area contributed by atoms with Gasteiger partial charge in [0.05, 0.1) is 6.10 Å². The molecule has 0 radical (unpaired) electrons. The fourth-order valence-corrected chi connectivity index (χ4v) is 0.892. The number of hydrogen-bond donors (Lipinski definition) is 1. The zero-order valence-corrected chi connectivity index (χ0v) is 8.80. The van der Waals surface area contributed by atoms with Gasteiger partial charge in [-0.2, -0.15) is 0 Å². The van der Waals surface area contributed by atoms with Crippen LogP contribution in [0.15, 0.2) is 12.2 Å². The first kappa shape index (κ1) is 11.7. The number of aliphatic hydroxyl groups is 1. The standard InChI is InChI=1S/C11H22O/c1-10(12)8-6-5-7-9-11(2,3)4/h5,7,10,12H,6,8-9H2,1-4H3/b7-5+. The third kappa shape index (κ3) is 9.70. The van der Waals surface area contributed by atoms with Gasteiger partial charge in [-0.1, -0.05) is 32.9 Å². The van der Waals surface area contributed by atoms with E-state index in [9.17, 15) is 0 Å². The molecule has 0 aromatic carbocycles. The molecule has 1 N–H and O–H groups in total. The summed E-state index contributed by atoms with van der Waals surface area (Å²) in [5.74, 6) is 0. The van der Waals surface area contributed by atoms with Gasteiger partial charge in [-0.05, 0) is 31.6 Å². The topological polar surface area (TPSA) is 20.2 Å². The summed E-state index contributed by atoms with van der Waals surface area (Å²) in [4.78, 5) is 0. The second kappa shape index (κ2) is 5.36. The molecule has 0 saturated carbocycles. The second-order valence-electron chi connectivity index (χ2n) is 4.66. The van der Waals surface area contributed by atoms with Crippen LogP contribution in [0.3, 0.4) is 0 Å². The first-order valence-corrected chi connectivity index (χ1v) is 4.75. The van der Waals surface area contributed by atoms with E-state index in [1.165, 1.54) is 0 Å². The number of allylic oxidation sites excluding steroid dienone is 2. The lowest BCUT2D eigenvalue weighted by Crippen LogP contribution is -2.02. The van der Waals surface area contributed by atoms with E-state index in [1.54, 1.807) is 0 Å². The highest BCUT2D eigenvalue weighted by Crippen LogP contribution is 2.18. The maximum absolute atomic E-state index is 8.98. The molecule has 1 unspecified atom stereocenters. The van der Waals surface area contributed by atoms with Crippen molar-refractivity contribution in [2.45, 2.75) is 53.1 Å². The Morgan fingerprint density at radius 2 is 1.83 bits per heavy atom. The molecule has 0 rings (SSSR count). The number of rotatable bonds is 4. The normalized spacial score (nSPS) is 15.4. The van der Waals surface area contributed by atoms with Crippen molar-refractivity contribution in [2.24, 2.45) is 5.41 Å². The molecule has 1 heteroatoms. The Balaban J connectivity index is 3.38. The van der Waals surface area contributed by atoms with E-state index in [0.29, 0.717) is 5.41 Å². The molecule has 1 atom stereocenters. The van der Waals surface area contributed by atoms with Gasteiger partial charge < -0.3 is 5.11 Å². The van der Waals surface area contributed by atoms with Crippen LogP contribution in [0.25, 0.3) is 0 Å². The van der Waals surface area contributed by atoms with Gasteiger partial charge in [0, 0.05) is 0 Å². The van der Waals surface area contributed by atoms with Crippen LogP contribution in [0.4, 0.5) is 0 Å². The minimum Gasteiger partial charge on any atom is -0.393 e. The lowest BCUT2D eigenvalue weighted by molar-refractivity contribution is 0.186.